The quantitative estimate of drug-likeness (QED) is 0.658. The highest BCUT2D eigenvalue weighted by Gasteiger charge is 2.16. The van der Waals surface area contributed by atoms with Crippen molar-refractivity contribution >= 4 is 17.3 Å². The molecule has 0 aromatic heterocycles. The van der Waals surface area contributed by atoms with Gasteiger partial charge in [0.25, 0.3) is 5.69 Å². The zero-order chi connectivity index (χ0) is 13.7. The second-order valence-electron chi connectivity index (χ2n) is 5.17. The first-order valence-electron chi connectivity index (χ1n) is 6.80. The Hall–Kier alpha value is -1.13. The molecule has 1 aromatic rings. The first-order chi connectivity index (χ1) is 9.16. The van der Waals surface area contributed by atoms with E-state index < -0.39 is 0 Å². The van der Waals surface area contributed by atoms with E-state index in [1.807, 2.05) is 0 Å². The molecule has 1 aromatic carbocycles. The molecule has 0 radical (unpaired) electrons. The lowest BCUT2D eigenvalue weighted by atomic mass is 9.89. The second kappa shape index (κ2) is 6.87. The summed E-state index contributed by atoms with van der Waals surface area (Å²) in [6.07, 6.45) is 6.50. The number of hydrogen-bond acceptors (Lipinski definition) is 3. The molecule has 1 aliphatic carbocycles. The van der Waals surface area contributed by atoms with Crippen molar-refractivity contribution in [2.24, 2.45) is 5.92 Å². The lowest BCUT2D eigenvalue weighted by Crippen LogP contribution is -2.24. The van der Waals surface area contributed by atoms with Gasteiger partial charge < -0.3 is 5.32 Å². The summed E-state index contributed by atoms with van der Waals surface area (Å²) in [5.41, 5.74) is 0.800. The molecule has 0 amide bonds. The fraction of sp³-hybridized carbons (Fsp3) is 0.571. The summed E-state index contributed by atoms with van der Waals surface area (Å²) in [4.78, 5) is 10.6. The van der Waals surface area contributed by atoms with Crippen molar-refractivity contribution in [3.05, 3.63) is 38.9 Å². The Balaban J connectivity index is 1.91. The smallest absolute Gasteiger partial charge is 0.273 e. The number of nitro benzene ring substituents is 1. The van der Waals surface area contributed by atoms with E-state index >= 15 is 0 Å². The fourth-order valence-electron chi connectivity index (χ4n) is 2.68. The van der Waals surface area contributed by atoms with E-state index in [1.54, 1.807) is 12.1 Å². The minimum Gasteiger partial charge on any atom is -0.312 e. The van der Waals surface area contributed by atoms with E-state index in [0.717, 1.165) is 6.54 Å². The maximum atomic E-state index is 10.9. The van der Waals surface area contributed by atoms with Crippen LogP contribution in [-0.2, 0) is 6.54 Å². The summed E-state index contributed by atoms with van der Waals surface area (Å²) in [6.45, 7) is 1.44. The summed E-state index contributed by atoms with van der Waals surface area (Å²) in [5, 5.41) is 14.8. The van der Waals surface area contributed by atoms with E-state index in [1.165, 1.54) is 38.2 Å². The van der Waals surface area contributed by atoms with Crippen LogP contribution in [0.5, 0.6) is 0 Å². The highest BCUT2D eigenvalue weighted by molar-refractivity contribution is 6.30. The zero-order valence-electron chi connectivity index (χ0n) is 10.9. The van der Waals surface area contributed by atoms with Crippen molar-refractivity contribution in [2.75, 3.05) is 6.54 Å². The van der Waals surface area contributed by atoms with Crippen molar-refractivity contribution in [2.45, 2.75) is 38.6 Å². The number of nitrogens with zero attached hydrogens (tertiary/aromatic N) is 1. The summed E-state index contributed by atoms with van der Waals surface area (Å²) in [5.74, 6) is 0.715. The molecule has 2 rings (SSSR count). The molecule has 1 fully saturated rings. The molecule has 19 heavy (non-hydrogen) atoms. The third-order valence-corrected chi connectivity index (χ3v) is 3.95. The number of nitrogens with one attached hydrogen (secondary N) is 1. The van der Waals surface area contributed by atoms with Gasteiger partial charge in [-0.05, 0) is 37.4 Å². The van der Waals surface area contributed by atoms with Crippen molar-refractivity contribution in [1.29, 1.82) is 0 Å². The molecule has 4 nitrogen and oxygen atoms in total. The van der Waals surface area contributed by atoms with Gasteiger partial charge in [0, 0.05) is 23.2 Å². The third kappa shape index (κ3) is 4.18. The van der Waals surface area contributed by atoms with Gasteiger partial charge in [0.2, 0.25) is 0 Å². The largest absolute Gasteiger partial charge is 0.312 e. The van der Waals surface area contributed by atoms with Gasteiger partial charge in [-0.2, -0.15) is 0 Å². The highest BCUT2D eigenvalue weighted by atomic mass is 35.5. The number of nitro groups is 1. The monoisotopic (exact) mass is 282 g/mol. The molecule has 0 bridgehead atoms. The Morgan fingerprint density at radius 1 is 1.32 bits per heavy atom. The predicted molar refractivity (Wildman–Crippen MR) is 76.4 cm³/mol. The van der Waals surface area contributed by atoms with E-state index in [9.17, 15) is 10.1 Å². The van der Waals surface area contributed by atoms with Gasteiger partial charge >= 0.3 is 0 Å². The van der Waals surface area contributed by atoms with Gasteiger partial charge in [-0.1, -0.05) is 30.9 Å². The van der Waals surface area contributed by atoms with Crippen LogP contribution in [0.1, 0.15) is 37.7 Å². The van der Waals surface area contributed by atoms with Crippen LogP contribution in [0.15, 0.2) is 18.2 Å². The van der Waals surface area contributed by atoms with Crippen molar-refractivity contribution in [3.8, 4) is 0 Å². The van der Waals surface area contributed by atoms with Gasteiger partial charge in [0.15, 0.2) is 0 Å². The number of hydrogen-bond donors (Lipinski definition) is 1. The summed E-state index contributed by atoms with van der Waals surface area (Å²) < 4.78 is 0. The van der Waals surface area contributed by atoms with Crippen LogP contribution in [0.3, 0.4) is 0 Å². The molecule has 0 unspecified atom stereocenters. The van der Waals surface area contributed by atoms with Crippen LogP contribution < -0.4 is 5.32 Å². The molecule has 0 heterocycles. The zero-order valence-corrected chi connectivity index (χ0v) is 11.7. The topological polar surface area (TPSA) is 55.2 Å². The normalized spacial score (nSPS) is 16.5. The Labute approximate surface area is 118 Å². The minimum atomic E-state index is -0.353. The van der Waals surface area contributed by atoms with E-state index in [2.05, 4.69) is 5.32 Å². The third-order valence-electron chi connectivity index (χ3n) is 3.71. The summed E-state index contributed by atoms with van der Waals surface area (Å²) in [7, 11) is 0. The fourth-order valence-corrected chi connectivity index (χ4v) is 2.87. The van der Waals surface area contributed by atoms with Gasteiger partial charge in [0.1, 0.15) is 0 Å². The molecule has 0 spiro atoms. The van der Waals surface area contributed by atoms with Crippen LogP contribution in [0.4, 0.5) is 5.69 Å². The first kappa shape index (κ1) is 14.3. The molecule has 0 saturated heterocycles. The first-order valence-corrected chi connectivity index (χ1v) is 7.18. The standard InChI is InChI=1S/C14H19ClN2O2/c15-13-6-7-14(17(18)19)12(8-13)10-16-9-11-4-2-1-3-5-11/h6-8,11,16H,1-5,9-10H2. The Kier molecular flexibility index (Phi) is 5.16. The van der Waals surface area contributed by atoms with Crippen LogP contribution in [-0.4, -0.2) is 11.5 Å². The summed E-state index contributed by atoms with van der Waals surface area (Å²) in [6, 6.07) is 4.71. The lowest BCUT2D eigenvalue weighted by molar-refractivity contribution is -0.385. The van der Waals surface area contributed by atoms with Crippen molar-refractivity contribution in [1.82, 2.24) is 5.32 Å². The Morgan fingerprint density at radius 3 is 2.74 bits per heavy atom. The number of rotatable bonds is 5. The Bertz CT molecular complexity index is 445. The highest BCUT2D eigenvalue weighted by Crippen LogP contribution is 2.24. The van der Waals surface area contributed by atoms with Crippen LogP contribution >= 0.6 is 11.6 Å². The van der Waals surface area contributed by atoms with E-state index in [0.29, 0.717) is 23.0 Å². The van der Waals surface area contributed by atoms with Crippen LogP contribution in [0.2, 0.25) is 5.02 Å². The SMILES string of the molecule is O=[N+]([O-])c1ccc(Cl)cc1CNCC1CCCCC1. The van der Waals surface area contributed by atoms with Gasteiger partial charge in [0.05, 0.1) is 4.92 Å². The van der Waals surface area contributed by atoms with Gasteiger partial charge in [-0.25, -0.2) is 0 Å². The minimum absolute atomic E-state index is 0.139. The number of benzene rings is 1. The number of halogens is 1. The lowest BCUT2D eigenvalue weighted by Gasteiger charge is -2.21. The maximum Gasteiger partial charge on any atom is 0.273 e. The molecule has 104 valence electrons. The van der Waals surface area contributed by atoms with Crippen molar-refractivity contribution < 1.29 is 4.92 Å². The summed E-state index contributed by atoms with van der Waals surface area (Å²) >= 11 is 5.90. The van der Waals surface area contributed by atoms with E-state index in [4.69, 9.17) is 11.6 Å². The van der Waals surface area contributed by atoms with Gasteiger partial charge in [-0.3, -0.25) is 10.1 Å². The van der Waals surface area contributed by atoms with Crippen LogP contribution in [0, 0.1) is 16.0 Å². The molecule has 5 heteroatoms. The Morgan fingerprint density at radius 2 is 2.05 bits per heavy atom. The maximum absolute atomic E-state index is 10.9. The van der Waals surface area contributed by atoms with Gasteiger partial charge in [-0.15, -0.1) is 0 Å². The second-order valence-corrected chi connectivity index (χ2v) is 5.60. The molecular formula is C14H19ClN2O2. The predicted octanol–water partition coefficient (Wildman–Crippen LogP) is 3.92. The molecule has 0 aliphatic heterocycles. The molecule has 1 saturated carbocycles. The molecule has 0 atom stereocenters. The van der Waals surface area contributed by atoms with Crippen molar-refractivity contribution in [3.63, 3.8) is 0 Å². The molecule has 1 N–H and O–H groups in total. The van der Waals surface area contributed by atoms with E-state index in [-0.39, 0.29) is 10.6 Å². The van der Waals surface area contributed by atoms with Crippen LogP contribution in [0.25, 0.3) is 0 Å². The molecular weight excluding hydrogens is 264 g/mol. The average molecular weight is 283 g/mol. The molecule has 1 aliphatic rings. The average Bonchev–Trinajstić information content (AvgIpc) is 2.39.